The topological polar surface area (TPSA) is 91.3 Å². The van der Waals surface area contributed by atoms with Crippen LogP contribution in [0.4, 0.5) is 14.6 Å². The molecule has 32 heavy (non-hydrogen) atoms. The monoisotopic (exact) mass is 446 g/mol. The summed E-state index contributed by atoms with van der Waals surface area (Å²) in [5.41, 5.74) is 6.91. The van der Waals surface area contributed by atoms with E-state index in [2.05, 4.69) is 26.8 Å². The summed E-state index contributed by atoms with van der Waals surface area (Å²) >= 11 is 0. The highest BCUT2D eigenvalue weighted by Gasteiger charge is 2.21. The summed E-state index contributed by atoms with van der Waals surface area (Å²) in [6, 6.07) is 3.97. The smallest absolute Gasteiger partial charge is 0.320 e. The number of hydrogen-bond acceptors (Lipinski definition) is 7. The van der Waals surface area contributed by atoms with E-state index < -0.39 is 11.6 Å². The molecule has 1 saturated heterocycles. The Hall–Kier alpha value is -2.85. The van der Waals surface area contributed by atoms with Crippen molar-refractivity contribution in [3.05, 3.63) is 41.2 Å². The van der Waals surface area contributed by atoms with Crippen molar-refractivity contribution in [3.8, 4) is 6.01 Å². The molecule has 8 nitrogen and oxygen atoms in total. The first kappa shape index (κ1) is 22.3. The Morgan fingerprint density at radius 1 is 1.12 bits per heavy atom. The minimum absolute atomic E-state index is 0.0509. The Morgan fingerprint density at radius 3 is 2.59 bits per heavy atom. The molecule has 2 N–H and O–H groups in total. The number of unbranched alkanes of at least 4 members (excludes halogenated alkanes) is 1. The quantitative estimate of drug-likeness (QED) is 0.506. The van der Waals surface area contributed by atoms with Gasteiger partial charge in [-0.15, -0.1) is 0 Å². The predicted octanol–water partition coefficient (Wildman–Crippen LogP) is 2.79. The number of ether oxygens (including phenoxy) is 2. The highest BCUT2D eigenvalue weighted by atomic mass is 19.1. The molecule has 10 heteroatoms. The molecular weight excluding hydrogens is 418 g/mol. The molecule has 2 aromatic heterocycles. The summed E-state index contributed by atoms with van der Waals surface area (Å²) in [5.74, 6) is -0.414. The number of morpholine rings is 1. The number of rotatable bonds is 9. The minimum atomic E-state index is -0.618. The second kappa shape index (κ2) is 10.2. The first-order chi connectivity index (χ1) is 15.6. The van der Waals surface area contributed by atoms with Gasteiger partial charge in [-0.05, 0) is 18.6 Å². The van der Waals surface area contributed by atoms with Gasteiger partial charge in [0.05, 0.1) is 26.4 Å². The maximum Gasteiger partial charge on any atom is 0.320 e. The third-order valence-corrected chi connectivity index (χ3v) is 5.54. The van der Waals surface area contributed by atoms with Crippen molar-refractivity contribution in [2.45, 2.75) is 32.7 Å². The summed E-state index contributed by atoms with van der Waals surface area (Å²) in [6.07, 6.45) is 2.39. The molecule has 0 atom stereocenters. The van der Waals surface area contributed by atoms with Crippen LogP contribution in [0.3, 0.4) is 0 Å². The van der Waals surface area contributed by atoms with Crippen molar-refractivity contribution < 1.29 is 18.3 Å². The van der Waals surface area contributed by atoms with Crippen LogP contribution in [0.5, 0.6) is 6.01 Å². The highest BCUT2D eigenvalue weighted by molar-refractivity contribution is 5.82. The van der Waals surface area contributed by atoms with Gasteiger partial charge in [-0.3, -0.25) is 4.90 Å². The van der Waals surface area contributed by atoms with Gasteiger partial charge < -0.3 is 19.8 Å². The molecule has 0 saturated carbocycles. The molecule has 0 radical (unpaired) electrons. The molecule has 0 spiro atoms. The molecule has 0 unspecified atom stereocenters. The molecule has 172 valence electrons. The van der Waals surface area contributed by atoms with Crippen molar-refractivity contribution in [2.24, 2.45) is 0 Å². The van der Waals surface area contributed by atoms with Crippen LogP contribution >= 0.6 is 0 Å². The van der Waals surface area contributed by atoms with Gasteiger partial charge in [0.25, 0.3) is 0 Å². The maximum absolute atomic E-state index is 14.4. The molecule has 1 fully saturated rings. The number of fused-ring (bicyclic) bond motifs is 1. The van der Waals surface area contributed by atoms with Gasteiger partial charge in [-0.1, -0.05) is 19.4 Å². The van der Waals surface area contributed by atoms with Crippen molar-refractivity contribution in [1.82, 2.24) is 24.4 Å². The zero-order valence-electron chi connectivity index (χ0n) is 18.2. The third-order valence-electron chi connectivity index (χ3n) is 5.54. The fourth-order valence-corrected chi connectivity index (χ4v) is 3.70. The van der Waals surface area contributed by atoms with Crippen LogP contribution in [0.25, 0.3) is 11.2 Å². The van der Waals surface area contributed by atoms with Gasteiger partial charge in [-0.2, -0.15) is 9.97 Å². The summed E-state index contributed by atoms with van der Waals surface area (Å²) in [5, 5.41) is 0. The van der Waals surface area contributed by atoms with Crippen LogP contribution in [-0.4, -0.2) is 63.9 Å². The van der Waals surface area contributed by atoms with Gasteiger partial charge in [0.15, 0.2) is 17.0 Å². The zero-order valence-corrected chi connectivity index (χ0v) is 18.2. The number of nitrogens with zero attached hydrogens (tertiary/aromatic N) is 5. The molecule has 3 aromatic rings. The van der Waals surface area contributed by atoms with E-state index in [4.69, 9.17) is 15.2 Å². The van der Waals surface area contributed by atoms with Crippen LogP contribution in [0.15, 0.2) is 18.2 Å². The first-order valence-corrected chi connectivity index (χ1v) is 10.9. The van der Waals surface area contributed by atoms with E-state index in [1.54, 1.807) is 4.57 Å². The number of hydrogen-bond donors (Lipinski definition) is 1. The number of aromatic nitrogens is 4. The van der Waals surface area contributed by atoms with Gasteiger partial charge in [0.2, 0.25) is 0 Å². The van der Waals surface area contributed by atoms with E-state index in [9.17, 15) is 8.78 Å². The fraction of sp³-hybridized carbons (Fsp3) is 0.500. The number of nitrogens with two attached hydrogens (primary N) is 1. The van der Waals surface area contributed by atoms with E-state index in [-0.39, 0.29) is 23.9 Å². The Bertz CT molecular complexity index is 1050. The predicted molar refractivity (Wildman–Crippen MR) is 117 cm³/mol. The second-order valence-electron chi connectivity index (χ2n) is 7.78. The normalized spacial score (nSPS) is 14.8. The lowest BCUT2D eigenvalue weighted by Crippen LogP contribution is -2.37. The van der Waals surface area contributed by atoms with Crippen LogP contribution in [0.2, 0.25) is 0 Å². The number of nitrogen functional groups attached to an aromatic ring is 1. The van der Waals surface area contributed by atoms with E-state index in [0.717, 1.165) is 32.5 Å². The standard InChI is InChI=1S/C22H28F2N6O2/c1-2-3-11-32-22-27-20(25)19-21(28-22)30(14-15-16(23)5-4-6-17(15)24)18(26-19)7-8-29-9-12-31-13-10-29/h4-6H,2-3,7-14H2,1H3,(H2,25,27,28). The van der Waals surface area contributed by atoms with E-state index in [1.165, 1.54) is 18.2 Å². The lowest BCUT2D eigenvalue weighted by molar-refractivity contribution is 0.0381. The third kappa shape index (κ3) is 4.97. The Kier molecular flexibility index (Phi) is 7.11. The van der Waals surface area contributed by atoms with Crippen molar-refractivity contribution in [2.75, 3.05) is 45.2 Å². The molecule has 4 rings (SSSR count). The summed E-state index contributed by atoms with van der Waals surface area (Å²) < 4.78 is 41.6. The molecular formula is C22H28F2N6O2. The van der Waals surface area contributed by atoms with E-state index in [1.807, 2.05) is 0 Å². The van der Waals surface area contributed by atoms with Crippen LogP contribution in [-0.2, 0) is 17.7 Å². The summed E-state index contributed by atoms with van der Waals surface area (Å²) in [6.45, 7) is 6.24. The molecule has 0 aliphatic carbocycles. The second-order valence-corrected chi connectivity index (χ2v) is 7.78. The number of imidazole rings is 1. The van der Waals surface area contributed by atoms with Crippen molar-refractivity contribution in [3.63, 3.8) is 0 Å². The van der Waals surface area contributed by atoms with E-state index >= 15 is 0 Å². The maximum atomic E-state index is 14.4. The zero-order chi connectivity index (χ0) is 22.5. The Labute approximate surface area is 185 Å². The number of anilines is 1. The molecule has 0 amide bonds. The number of halogens is 2. The Morgan fingerprint density at radius 2 is 1.88 bits per heavy atom. The molecule has 0 bridgehead atoms. The average molecular weight is 447 g/mol. The molecule has 1 aromatic carbocycles. The van der Waals surface area contributed by atoms with Gasteiger partial charge in [-0.25, -0.2) is 13.8 Å². The average Bonchev–Trinajstić information content (AvgIpc) is 3.14. The number of benzene rings is 1. The lowest BCUT2D eigenvalue weighted by atomic mass is 10.2. The SMILES string of the molecule is CCCCOc1nc(N)c2nc(CCN3CCOCC3)n(Cc3c(F)cccc3F)c2n1. The largest absolute Gasteiger partial charge is 0.463 e. The summed E-state index contributed by atoms with van der Waals surface area (Å²) in [4.78, 5) is 15.6. The van der Waals surface area contributed by atoms with Gasteiger partial charge in [0, 0.05) is 31.6 Å². The van der Waals surface area contributed by atoms with Crippen LogP contribution < -0.4 is 10.5 Å². The fourth-order valence-electron chi connectivity index (χ4n) is 3.70. The first-order valence-electron chi connectivity index (χ1n) is 10.9. The van der Waals surface area contributed by atoms with Gasteiger partial charge >= 0.3 is 6.01 Å². The van der Waals surface area contributed by atoms with Crippen molar-refractivity contribution >= 4 is 17.0 Å². The molecule has 3 heterocycles. The molecule has 1 aliphatic rings. The summed E-state index contributed by atoms with van der Waals surface area (Å²) in [7, 11) is 0. The van der Waals surface area contributed by atoms with Crippen molar-refractivity contribution in [1.29, 1.82) is 0 Å². The van der Waals surface area contributed by atoms with Crippen LogP contribution in [0, 0.1) is 11.6 Å². The lowest BCUT2D eigenvalue weighted by Gasteiger charge is -2.26. The molecule has 1 aliphatic heterocycles. The highest BCUT2D eigenvalue weighted by Crippen LogP contribution is 2.25. The van der Waals surface area contributed by atoms with Crippen LogP contribution in [0.1, 0.15) is 31.2 Å². The Balaban J connectivity index is 1.71. The minimum Gasteiger partial charge on any atom is -0.463 e. The van der Waals surface area contributed by atoms with E-state index in [0.29, 0.717) is 43.2 Å². The van der Waals surface area contributed by atoms with Gasteiger partial charge in [0.1, 0.15) is 17.5 Å².